The summed E-state index contributed by atoms with van der Waals surface area (Å²) in [5.41, 5.74) is 1.48. The fourth-order valence-electron chi connectivity index (χ4n) is 2.67. The number of imidazole rings is 1. The zero-order valence-corrected chi connectivity index (χ0v) is 13.6. The Labute approximate surface area is 143 Å². The number of ether oxygens (including phenoxy) is 1. The molecule has 3 rings (SSSR count). The Morgan fingerprint density at radius 1 is 1.36 bits per heavy atom. The average molecular weight is 344 g/mol. The van der Waals surface area contributed by atoms with Crippen molar-refractivity contribution in [3.63, 3.8) is 0 Å². The fourth-order valence-corrected chi connectivity index (χ4v) is 2.67. The molecule has 0 aliphatic heterocycles. The number of hydrogen-bond acceptors (Lipinski definition) is 5. The fraction of sp³-hybridized carbons (Fsp3) is 0.235. The van der Waals surface area contributed by atoms with E-state index < -0.39 is 16.4 Å². The molecule has 1 N–H and O–H groups in total. The molecular formula is C17H17FN4O3. The highest BCUT2D eigenvalue weighted by molar-refractivity contribution is 5.74. The standard InChI is InChI=1S/C17H17FN4O3/c1-25-12-9-13(18)17(22(23)24)15(10-12)19-7-4-8-21-11-20-14-5-2-3-6-16(14)21/h2-3,5-6,9-11,19H,4,7-8H2,1H3. The molecule has 25 heavy (non-hydrogen) atoms. The highest BCUT2D eigenvalue weighted by Gasteiger charge is 2.21. The topological polar surface area (TPSA) is 82.2 Å². The SMILES string of the molecule is COc1cc(F)c([N+](=O)[O-])c(NCCCn2cnc3ccccc32)c1. The summed E-state index contributed by atoms with van der Waals surface area (Å²) in [6.07, 6.45) is 2.45. The summed E-state index contributed by atoms with van der Waals surface area (Å²) in [5.74, 6) is -0.696. The molecule has 0 bridgehead atoms. The number of nitrogens with zero attached hydrogens (tertiary/aromatic N) is 3. The van der Waals surface area contributed by atoms with E-state index in [0.29, 0.717) is 19.5 Å². The van der Waals surface area contributed by atoms with Gasteiger partial charge in [0, 0.05) is 25.2 Å². The molecule has 0 aliphatic rings. The van der Waals surface area contributed by atoms with Gasteiger partial charge in [-0.2, -0.15) is 4.39 Å². The Kier molecular flexibility index (Phi) is 4.78. The summed E-state index contributed by atoms with van der Waals surface area (Å²) in [7, 11) is 1.38. The maximum Gasteiger partial charge on any atom is 0.327 e. The van der Waals surface area contributed by atoms with Gasteiger partial charge < -0.3 is 14.6 Å². The molecule has 0 aliphatic carbocycles. The number of anilines is 1. The second-order valence-corrected chi connectivity index (χ2v) is 5.47. The van der Waals surface area contributed by atoms with Crippen molar-refractivity contribution in [2.24, 2.45) is 0 Å². The monoisotopic (exact) mass is 344 g/mol. The maximum atomic E-state index is 13.9. The number of nitro benzene ring substituents is 1. The summed E-state index contributed by atoms with van der Waals surface area (Å²) in [6, 6.07) is 10.2. The number of aryl methyl sites for hydroxylation is 1. The first kappa shape index (κ1) is 16.7. The van der Waals surface area contributed by atoms with Crippen LogP contribution in [0.1, 0.15) is 6.42 Å². The van der Waals surface area contributed by atoms with Gasteiger partial charge in [0.05, 0.1) is 29.4 Å². The van der Waals surface area contributed by atoms with Crippen LogP contribution in [0.3, 0.4) is 0 Å². The second kappa shape index (κ2) is 7.16. The summed E-state index contributed by atoms with van der Waals surface area (Å²) in [5, 5.41) is 14.0. The maximum absolute atomic E-state index is 13.9. The van der Waals surface area contributed by atoms with E-state index in [1.807, 2.05) is 28.8 Å². The number of para-hydroxylation sites is 2. The lowest BCUT2D eigenvalue weighted by Crippen LogP contribution is -2.09. The van der Waals surface area contributed by atoms with E-state index in [0.717, 1.165) is 17.1 Å². The van der Waals surface area contributed by atoms with Gasteiger partial charge in [-0.3, -0.25) is 10.1 Å². The molecule has 3 aromatic rings. The number of fused-ring (bicyclic) bond motifs is 1. The van der Waals surface area contributed by atoms with Crippen LogP contribution in [0, 0.1) is 15.9 Å². The van der Waals surface area contributed by atoms with E-state index in [2.05, 4.69) is 10.3 Å². The van der Waals surface area contributed by atoms with Crippen LogP contribution in [0.4, 0.5) is 15.8 Å². The van der Waals surface area contributed by atoms with Crippen LogP contribution in [-0.4, -0.2) is 28.1 Å². The van der Waals surface area contributed by atoms with E-state index >= 15 is 0 Å². The van der Waals surface area contributed by atoms with Gasteiger partial charge in [-0.15, -0.1) is 0 Å². The number of rotatable bonds is 7. The summed E-state index contributed by atoms with van der Waals surface area (Å²) >= 11 is 0. The number of aromatic nitrogens is 2. The minimum absolute atomic E-state index is 0.109. The van der Waals surface area contributed by atoms with Gasteiger partial charge in [0.25, 0.3) is 0 Å². The van der Waals surface area contributed by atoms with Crippen molar-refractivity contribution in [3.8, 4) is 5.75 Å². The van der Waals surface area contributed by atoms with Crippen molar-refractivity contribution in [1.82, 2.24) is 9.55 Å². The minimum Gasteiger partial charge on any atom is -0.497 e. The van der Waals surface area contributed by atoms with Crippen LogP contribution in [0.25, 0.3) is 11.0 Å². The van der Waals surface area contributed by atoms with Crippen LogP contribution in [0.15, 0.2) is 42.7 Å². The Bertz CT molecular complexity index is 910. The normalized spacial score (nSPS) is 10.8. The lowest BCUT2D eigenvalue weighted by Gasteiger charge is -2.10. The Morgan fingerprint density at radius 2 is 2.16 bits per heavy atom. The van der Waals surface area contributed by atoms with Crippen LogP contribution in [-0.2, 0) is 6.54 Å². The van der Waals surface area contributed by atoms with Gasteiger partial charge in [0.2, 0.25) is 5.82 Å². The van der Waals surface area contributed by atoms with E-state index in [1.54, 1.807) is 6.33 Å². The van der Waals surface area contributed by atoms with E-state index in [1.165, 1.54) is 13.2 Å². The first-order chi connectivity index (χ1) is 12.1. The van der Waals surface area contributed by atoms with E-state index in [9.17, 15) is 14.5 Å². The van der Waals surface area contributed by atoms with E-state index in [4.69, 9.17) is 4.74 Å². The van der Waals surface area contributed by atoms with Crippen molar-refractivity contribution >= 4 is 22.4 Å². The van der Waals surface area contributed by atoms with Gasteiger partial charge in [-0.1, -0.05) is 12.1 Å². The van der Waals surface area contributed by atoms with Gasteiger partial charge in [-0.25, -0.2) is 4.98 Å². The van der Waals surface area contributed by atoms with Crippen molar-refractivity contribution < 1.29 is 14.1 Å². The minimum atomic E-state index is -0.924. The van der Waals surface area contributed by atoms with Crippen LogP contribution < -0.4 is 10.1 Å². The predicted octanol–water partition coefficient (Wildman–Crippen LogP) is 3.59. The second-order valence-electron chi connectivity index (χ2n) is 5.47. The number of hydrogen-bond donors (Lipinski definition) is 1. The van der Waals surface area contributed by atoms with Crippen molar-refractivity contribution in [2.75, 3.05) is 19.0 Å². The average Bonchev–Trinajstić information content (AvgIpc) is 3.01. The van der Waals surface area contributed by atoms with E-state index in [-0.39, 0.29) is 11.4 Å². The molecule has 0 atom stereocenters. The number of halogens is 1. The highest BCUT2D eigenvalue weighted by Crippen LogP contribution is 2.32. The lowest BCUT2D eigenvalue weighted by molar-refractivity contribution is -0.386. The van der Waals surface area contributed by atoms with Crippen molar-refractivity contribution in [3.05, 3.63) is 58.7 Å². The Morgan fingerprint density at radius 3 is 2.92 bits per heavy atom. The van der Waals surface area contributed by atoms with Gasteiger partial charge in [-0.05, 0) is 18.6 Å². The van der Waals surface area contributed by atoms with Crippen LogP contribution >= 0.6 is 0 Å². The molecule has 0 saturated heterocycles. The smallest absolute Gasteiger partial charge is 0.327 e. The lowest BCUT2D eigenvalue weighted by atomic mass is 10.2. The molecule has 1 heterocycles. The third kappa shape index (κ3) is 3.52. The van der Waals surface area contributed by atoms with Crippen molar-refractivity contribution in [1.29, 1.82) is 0 Å². The molecule has 0 fully saturated rings. The Hall–Kier alpha value is -3.16. The molecular weight excluding hydrogens is 327 g/mol. The molecule has 130 valence electrons. The molecule has 2 aromatic carbocycles. The molecule has 1 aromatic heterocycles. The number of benzene rings is 2. The molecule has 0 radical (unpaired) electrons. The first-order valence-corrected chi connectivity index (χ1v) is 7.76. The zero-order valence-electron chi connectivity index (χ0n) is 13.6. The highest BCUT2D eigenvalue weighted by atomic mass is 19.1. The Balaban J connectivity index is 1.67. The summed E-state index contributed by atoms with van der Waals surface area (Å²) in [6.45, 7) is 1.13. The van der Waals surface area contributed by atoms with Crippen LogP contribution in [0.5, 0.6) is 5.75 Å². The predicted molar refractivity (Wildman–Crippen MR) is 92.4 cm³/mol. The molecule has 0 amide bonds. The quantitative estimate of drug-likeness (QED) is 0.402. The molecule has 8 heteroatoms. The first-order valence-electron chi connectivity index (χ1n) is 7.76. The molecule has 0 spiro atoms. The number of nitro groups is 1. The van der Waals surface area contributed by atoms with Gasteiger partial charge in [0.1, 0.15) is 11.4 Å². The van der Waals surface area contributed by atoms with Crippen LogP contribution in [0.2, 0.25) is 0 Å². The van der Waals surface area contributed by atoms with Gasteiger partial charge in [0.15, 0.2) is 0 Å². The molecule has 0 saturated carbocycles. The van der Waals surface area contributed by atoms with Gasteiger partial charge >= 0.3 is 5.69 Å². The summed E-state index contributed by atoms with van der Waals surface area (Å²) < 4.78 is 20.9. The zero-order chi connectivity index (χ0) is 17.8. The summed E-state index contributed by atoms with van der Waals surface area (Å²) in [4.78, 5) is 14.7. The number of nitrogens with one attached hydrogen (secondary N) is 1. The van der Waals surface area contributed by atoms with Crippen molar-refractivity contribution in [2.45, 2.75) is 13.0 Å². The third-order valence-corrected chi connectivity index (χ3v) is 3.87. The largest absolute Gasteiger partial charge is 0.497 e. The molecule has 0 unspecified atom stereocenters. The molecule has 7 nitrogen and oxygen atoms in total. The number of methoxy groups -OCH3 is 1. The third-order valence-electron chi connectivity index (χ3n) is 3.87.